The summed E-state index contributed by atoms with van der Waals surface area (Å²) in [6.07, 6.45) is 3.46. The van der Waals surface area contributed by atoms with Crippen LogP contribution in [0.4, 0.5) is 5.69 Å². The number of para-hydroxylation sites is 1. The predicted molar refractivity (Wildman–Crippen MR) is 153 cm³/mol. The van der Waals surface area contributed by atoms with Crippen LogP contribution in [0, 0.1) is 12.3 Å². The Kier molecular flexibility index (Phi) is 5.80. The number of aromatic amines is 1. The van der Waals surface area contributed by atoms with Crippen molar-refractivity contribution in [2.75, 3.05) is 31.5 Å². The van der Waals surface area contributed by atoms with Gasteiger partial charge in [0.05, 0.1) is 21.8 Å². The van der Waals surface area contributed by atoms with Gasteiger partial charge in [-0.1, -0.05) is 50.2 Å². The lowest BCUT2D eigenvalue weighted by Crippen LogP contribution is -2.40. The zero-order valence-electron chi connectivity index (χ0n) is 21.7. The van der Waals surface area contributed by atoms with Gasteiger partial charge in [-0.3, -0.25) is 9.59 Å². The first-order chi connectivity index (χ1) is 17.8. The van der Waals surface area contributed by atoms with Gasteiger partial charge in [0.15, 0.2) is 22.0 Å². The molecule has 5 aromatic rings. The van der Waals surface area contributed by atoms with E-state index in [1.54, 1.807) is 18.2 Å². The van der Waals surface area contributed by atoms with Gasteiger partial charge in [-0.25, -0.2) is 0 Å². The number of aryl methyl sites for hydroxylation is 1. The average Bonchev–Trinajstić information content (AvgIpc) is 2.88. The van der Waals surface area contributed by atoms with E-state index in [1.807, 2.05) is 37.3 Å². The average molecular weight is 496 g/mol. The molecule has 0 saturated carbocycles. The Morgan fingerprint density at radius 3 is 2.49 bits per heavy atom. The van der Waals surface area contributed by atoms with Crippen LogP contribution in [0.3, 0.4) is 0 Å². The van der Waals surface area contributed by atoms with E-state index in [9.17, 15) is 9.59 Å². The number of nitrogens with one attached hydrogen (secondary N) is 2. The van der Waals surface area contributed by atoms with E-state index in [-0.39, 0.29) is 10.9 Å². The van der Waals surface area contributed by atoms with E-state index < -0.39 is 0 Å². The van der Waals surface area contributed by atoms with Crippen molar-refractivity contribution in [3.8, 4) is 0 Å². The summed E-state index contributed by atoms with van der Waals surface area (Å²) in [7, 11) is 0. The Morgan fingerprint density at radius 2 is 1.73 bits per heavy atom. The van der Waals surface area contributed by atoms with Gasteiger partial charge in [-0.15, -0.1) is 0 Å². The highest BCUT2D eigenvalue weighted by Crippen LogP contribution is 2.32. The number of piperidine rings is 1. The van der Waals surface area contributed by atoms with Crippen molar-refractivity contribution >= 4 is 49.4 Å². The van der Waals surface area contributed by atoms with E-state index in [1.165, 1.54) is 12.8 Å². The lowest BCUT2D eigenvalue weighted by molar-refractivity contribution is 0.117. The second-order valence-electron chi connectivity index (χ2n) is 11.3. The fourth-order valence-electron chi connectivity index (χ4n) is 6.00. The molecular weight excluding hydrogens is 462 g/mol. The van der Waals surface area contributed by atoms with Crippen molar-refractivity contribution in [1.82, 2.24) is 9.88 Å². The number of H-pyrrole nitrogens is 1. The van der Waals surface area contributed by atoms with Gasteiger partial charge in [0.25, 0.3) is 0 Å². The summed E-state index contributed by atoms with van der Waals surface area (Å²) < 4.78 is 6.29. The summed E-state index contributed by atoms with van der Waals surface area (Å²) in [6.45, 7) is 10.6. The SMILES string of the molecule is Cc1cccc2oc3cc(NCCCN4CCCC(C)(C)C4)c4c(=O)c5ccccc5c(=O)c4c3[nH]c12. The van der Waals surface area contributed by atoms with Crippen LogP contribution in [0.2, 0.25) is 0 Å². The Hall–Kier alpha value is -3.64. The number of anilines is 1. The Morgan fingerprint density at radius 1 is 0.973 bits per heavy atom. The van der Waals surface area contributed by atoms with Crippen molar-refractivity contribution < 1.29 is 4.42 Å². The highest BCUT2D eigenvalue weighted by atomic mass is 16.3. The number of nitrogens with zero attached hydrogens (tertiary/aromatic N) is 1. The first-order valence-corrected chi connectivity index (χ1v) is 13.2. The topological polar surface area (TPSA) is 78.3 Å². The number of benzene rings is 4. The second kappa shape index (κ2) is 9.03. The van der Waals surface area contributed by atoms with E-state index >= 15 is 0 Å². The van der Waals surface area contributed by atoms with E-state index in [4.69, 9.17) is 4.42 Å². The first-order valence-electron chi connectivity index (χ1n) is 13.2. The predicted octanol–water partition coefficient (Wildman–Crippen LogP) is 6.17. The molecule has 1 aliphatic heterocycles. The zero-order valence-corrected chi connectivity index (χ0v) is 21.7. The third kappa shape index (κ3) is 4.19. The monoisotopic (exact) mass is 495 g/mol. The lowest BCUT2D eigenvalue weighted by atomic mass is 9.84. The van der Waals surface area contributed by atoms with Crippen molar-refractivity contribution in [2.24, 2.45) is 5.41 Å². The number of hydrogen-bond donors (Lipinski definition) is 2. The van der Waals surface area contributed by atoms with E-state index in [0.29, 0.717) is 55.9 Å². The molecule has 6 nitrogen and oxygen atoms in total. The number of fused-ring (bicyclic) bond motifs is 5. The van der Waals surface area contributed by atoms with Gasteiger partial charge in [-0.05, 0) is 56.3 Å². The molecule has 6 rings (SSSR count). The molecule has 0 bridgehead atoms. The minimum Gasteiger partial charge on any atom is -0.453 e. The second-order valence-corrected chi connectivity index (χ2v) is 11.3. The van der Waals surface area contributed by atoms with Crippen molar-refractivity contribution in [3.05, 3.63) is 74.5 Å². The molecule has 0 atom stereocenters. The lowest BCUT2D eigenvalue weighted by Gasteiger charge is -2.38. The molecule has 0 radical (unpaired) electrons. The summed E-state index contributed by atoms with van der Waals surface area (Å²) in [6, 6.07) is 14.8. The van der Waals surface area contributed by atoms with Gasteiger partial charge in [-0.2, -0.15) is 0 Å². The van der Waals surface area contributed by atoms with Crippen LogP contribution in [-0.4, -0.2) is 36.1 Å². The van der Waals surface area contributed by atoms with Crippen LogP contribution in [0.25, 0.3) is 43.7 Å². The van der Waals surface area contributed by atoms with Gasteiger partial charge in [0.1, 0.15) is 0 Å². The third-order valence-electron chi connectivity index (χ3n) is 7.81. The highest BCUT2D eigenvalue weighted by Gasteiger charge is 2.26. The molecule has 1 fully saturated rings. The molecule has 4 aromatic carbocycles. The summed E-state index contributed by atoms with van der Waals surface area (Å²) in [5.41, 5.74) is 4.38. The highest BCUT2D eigenvalue weighted by molar-refractivity contribution is 6.14. The molecule has 0 spiro atoms. The molecule has 37 heavy (non-hydrogen) atoms. The number of hydrogen-bond acceptors (Lipinski definition) is 5. The third-order valence-corrected chi connectivity index (χ3v) is 7.81. The van der Waals surface area contributed by atoms with Crippen molar-refractivity contribution in [3.63, 3.8) is 0 Å². The van der Waals surface area contributed by atoms with Crippen LogP contribution < -0.4 is 16.2 Å². The Labute approximate surface area is 215 Å². The maximum atomic E-state index is 13.8. The fraction of sp³-hybridized carbons (Fsp3) is 0.355. The quantitative estimate of drug-likeness (QED) is 0.173. The van der Waals surface area contributed by atoms with Crippen LogP contribution in [0.15, 0.2) is 62.5 Å². The standard InChI is InChI=1S/C31H33N3O3/c1-19-9-6-12-23-27(19)33-28-24(37-23)17-22(32-14-8-16-34-15-7-13-31(2,3)18-34)25-26(28)30(36)21-11-5-4-10-20(21)29(25)35/h4-6,9-12,17,32-33H,7-8,13-16,18H2,1-3H3. The normalized spacial score (nSPS) is 16.2. The number of rotatable bonds is 5. The maximum Gasteiger partial charge on any atom is 0.196 e. The van der Waals surface area contributed by atoms with Crippen LogP contribution in [-0.2, 0) is 0 Å². The summed E-state index contributed by atoms with van der Waals surface area (Å²) in [5.74, 6) is 0. The molecule has 0 unspecified atom stereocenters. The van der Waals surface area contributed by atoms with Gasteiger partial charge in [0.2, 0.25) is 0 Å². The van der Waals surface area contributed by atoms with Gasteiger partial charge < -0.3 is 19.6 Å². The molecular formula is C31H33N3O3. The first kappa shape index (κ1) is 23.7. The number of aromatic nitrogens is 1. The van der Waals surface area contributed by atoms with Crippen molar-refractivity contribution in [1.29, 1.82) is 0 Å². The fourth-order valence-corrected chi connectivity index (χ4v) is 6.00. The molecule has 1 saturated heterocycles. The smallest absolute Gasteiger partial charge is 0.196 e. The Balaban J connectivity index is 1.47. The molecule has 2 heterocycles. The molecule has 0 amide bonds. The minimum atomic E-state index is -0.159. The molecule has 1 aliphatic rings. The van der Waals surface area contributed by atoms with Gasteiger partial charge in [0, 0.05) is 35.6 Å². The van der Waals surface area contributed by atoms with E-state index in [2.05, 4.69) is 29.0 Å². The van der Waals surface area contributed by atoms with Crippen LogP contribution in [0.5, 0.6) is 0 Å². The maximum absolute atomic E-state index is 13.8. The molecule has 0 aliphatic carbocycles. The van der Waals surface area contributed by atoms with Gasteiger partial charge >= 0.3 is 0 Å². The van der Waals surface area contributed by atoms with Crippen LogP contribution in [0.1, 0.15) is 38.7 Å². The summed E-state index contributed by atoms with van der Waals surface area (Å²) >= 11 is 0. The number of likely N-dealkylation sites (tertiary alicyclic amines) is 1. The summed E-state index contributed by atoms with van der Waals surface area (Å²) in [5, 5.41) is 5.19. The molecule has 2 N–H and O–H groups in total. The minimum absolute atomic E-state index is 0.134. The van der Waals surface area contributed by atoms with E-state index in [0.717, 1.165) is 37.1 Å². The van der Waals surface area contributed by atoms with Crippen LogP contribution >= 0.6 is 0 Å². The largest absolute Gasteiger partial charge is 0.453 e. The summed E-state index contributed by atoms with van der Waals surface area (Å²) in [4.78, 5) is 33.5. The molecule has 6 heteroatoms. The molecule has 1 aromatic heterocycles. The molecule has 190 valence electrons. The Bertz CT molecular complexity index is 1780. The van der Waals surface area contributed by atoms with Crippen molar-refractivity contribution in [2.45, 2.75) is 40.0 Å². The zero-order chi connectivity index (χ0) is 25.7.